The van der Waals surface area contributed by atoms with Crippen LogP contribution in [0.4, 0.5) is 0 Å². The Morgan fingerprint density at radius 2 is 2.00 bits per heavy atom. The van der Waals surface area contributed by atoms with Crippen LogP contribution in [0.1, 0.15) is 10.4 Å². The Balaban J connectivity index is 1.73. The highest BCUT2D eigenvalue weighted by molar-refractivity contribution is 8.00. The van der Waals surface area contributed by atoms with E-state index in [-0.39, 0.29) is 17.2 Å². The van der Waals surface area contributed by atoms with E-state index in [1.807, 2.05) is 0 Å². The molecule has 6 nitrogen and oxygen atoms in total. The Morgan fingerprint density at radius 3 is 2.64 bits per heavy atom. The van der Waals surface area contributed by atoms with Gasteiger partial charge in [-0.2, -0.15) is 0 Å². The number of carboxylic acids is 1. The molecular formula is C15H14N2O4S. The maximum absolute atomic E-state index is 12.2. The minimum absolute atomic E-state index is 0.338. The molecule has 7 heteroatoms. The summed E-state index contributed by atoms with van der Waals surface area (Å²) in [4.78, 5) is 36.9. The molecule has 2 heterocycles. The van der Waals surface area contributed by atoms with E-state index in [0.29, 0.717) is 16.9 Å². The molecule has 0 aromatic heterocycles. The topological polar surface area (TPSA) is 86.7 Å². The number of β-lactam (4-membered cyclic amide) rings is 1. The predicted molar refractivity (Wildman–Crippen MR) is 81.4 cm³/mol. The van der Waals surface area contributed by atoms with Crippen molar-refractivity contribution in [1.82, 2.24) is 10.2 Å². The first-order chi connectivity index (χ1) is 10.5. The summed E-state index contributed by atoms with van der Waals surface area (Å²) < 4.78 is 0. The number of carbonyl (C=O) groups is 3. The summed E-state index contributed by atoms with van der Waals surface area (Å²) >= 11 is 1.42. The molecule has 3 rings (SSSR count). The number of amides is 2. The molecule has 2 fully saturated rings. The molecule has 0 spiro atoms. The van der Waals surface area contributed by atoms with Crippen molar-refractivity contribution in [3.63, 3.8) is 0 Å². The van der Waals surface area contributed by atoms with Crippen LogP contribution < -0.4 is 5.32 Å². The summed E-state index contributed by atoms with van der Waals surface area (Å²) in [7, 11) is 0. The van der Waals surface area contributed by atoms with Gasteiger partial charge in [-0.3, -0.25) is 9.59 Å². The van der Waals surface area contributed by atoms with E-state index in [9.17, 15) is 19.5 Å². The zero-order valence-electron chi connectivity index (χ0n) is 11.6. The zero-order valence-corrected chi connectivity index (χ0v) is 12.4. The van der Waals surface area contributed by atoms with Gasteiger partial charge >= 0.3 is 5.97 Å². The first kappa shape index (κ1) is 14.6. The van der Waals surface area contributed by atoms with Crippen molar-refractivity contribution in [3.05, 3.63) is 48.0 Å². The highest BCUT2D eigenvalue weighted by Crippen LogP contribution is 2.39. The van der Waals surface area contributed by atoms with Crippen molar-refractivity contribution in [3.8, 4) is 0 Å². The number of benzene rings is 1. The molecule has 2 unspecified atom stereocenters. The lowest BCUT2D eigenvalue weighted by molar-refractivity contribution is -0.158. The molecular weight excluding hydrogens is 304 g/mol. The van der Waals surface area contributed by atoms with Gasteiger partial charge in [-0.15, -0.1) is 11.8 Å². The van der Waals surface area contributed by atoms with E-state index in [1.165, 1.54) is 16.7 Å². The van der Waals surface area contributed by atoms with Gasteiger partial charge in [0.15, 0.2) is 6.04 Å². The number of nitrogens with zero attached hydrogens (tertiary/aromatic N) is 1. The van der Waals surface area contributed by atoms with Gasteiger partial charge in [-0.1, -0.05) is 24.8 Å². The normalized spacial score (nSPS) is 26.9. The number of thioether (sulfide) groups is 1. The van der Waals surface area contributed by atoms with Crippen LogP contribution in [-0.4, -0.2) is 51.0 Å². The Hall–Kier alpha value is -2.28. The molecule has 2 aliphatic heterocycles. The molecule has 0 aliphatic carbocycles. The van der Waals surface area contributed by atoms with Crippen molar-refractivity contribution >= 4 is 29.5 Å². The summed E-state index contributed by atoms with van der Waals surface area (Å²) in [6, 6.07) is 6.91. The van der Waals surface area contributed by atoms with Crippen molar-refractivity contribution in [2.24, 2.45) is 0 Å². The summed E-state index contributed by atoms with van der Waals surface area (Å²) in [5.74, 6) is -1.34. The second-order valence-corrected chi connectivity index (χ2v) is 6.27. The van der Waals surface area contributed by atoms with Crippen LogP contribution in [0.2, 0.25) is 0 Å². The largest absolute Gasteiger partial charge is 0.479 e. The Morgan fingerprint density at radius 1 is 1.32 bits per heavy atom. The number of fused-ring (bicyclic) bond motifs is 1. The van der Waals surface area contributed by atoms with Crippen molar-refractivity contribution in [1.29, 1.82) is 0 Å². The summed E-state index contributed by atoms with van der Waals surface area (Å²) in [6.07, 6.45) is 0. The third kappa shape index (κ3) is 2.27. The van der Waals surface area contributed by atoms with Crippen LogP contribution >= 0.6 is 11.8 Å². The van der Waals surface area contributed by atoms with E-state index in [1.54, 1.807) is 30.3 Å². The number of nitrogens with one attached hydrogen (secondary N) is 1. The third-order valence-electron chi connectivity index (χ3n) is 3.74. The predicted octanol–water partition coefficient (Wildman–Crippen LogP) is 0.709. The Labute approximate surface area is 131 Å². The maximum atomic E-state index is 12.2. The van der Waals surface area contributed by atoms with Gasteiger partial charge in [0.05, 0.1) is 0 Å². The molecule has 22 heavy (non-hydrogen) atoms. The first-order valence-corrected chi connectivity index (χ1v) is 7.75. The highest BCUT2D eigenvalue weighted by atomic mass is 32.2. The van der Waals surface area contributed by atoms with Gasteiger partial charge < -0.3 is 15.3 Å². The molecule has 114 valence electrons. The molecule has 2 aliphatic rings. The number of aliphatic carboxylic acids is 1. The van der Waals surface area contributed by atoms with E-state index in [2.05, 4.69) is 11.9 Å². The van der Waals surface area contributed by atoms with Crippen LogP contribution in [0.25, 0.3) is 0 Å². The van der Waals surface area contributed by atoms with Crippen molar-refractivity contribution < 1.29 is 19.5 Å². The molecule has 2 N–H and O–H groups in total. The van der Waals surface area contributed by atoms with Gasteiger partial charge in [-0.05, 0) is 17.7 Å². The van der Waals surface area contributed by atoms with Crippen LogP contribution in [0.3, 0.4) is 0 Å². The monoisotopic (exact) mass is 318 g/mol. The first-order valence-electron chi connectivity index (χ1n) is 6.71. The summed E-state index contributed by atoms with van der Waals surface area (Å²) in [5.41, 5.74) is 0.962. The van der Waals surface area contributed by atoms with E-state index in [0.717, 1.165) is 0 Å². The standard InChI is InChI=1S/C15H14N2O4S/c1-8-7-22-14-10(13(19)17(14)11(8)15(20)21)16-12(18)9-5-3-2-4-6-9/h2-6,10-11,14H,1,7H2,(H,16,18)(H,20,21)/t10?,11?,14-/m1/s1. The zero-order chi connectivity index (χ0) is 15.9. The minimum atomic E-state index is -1.09. The lowest BCUT2D eigenvalue weighted by Gasteiger charge is -2.52. The molecule has 3 atom stereocenters. The van der Waals surface area contributed by atoms with Gasteiger partial charge in [0.25, 0.3) is 5.91 Å². The number of carbonyl (C=O) groups excluding carboxylic acids is 2. The fourth-order valence-corrected chi connectivity index (χ4v) is 3.95. The van der Waals surface area contributed by atoms with Crippen molar-refractivity contribution in [2.75, 3.05) is 5.75 Å². The second-order valence-electron chi connectivity index (χ2n) is 5.16. The number of carboxylic acid groups (broad SMARTS) is 1. The summed E-state index contributed by atoms with van der Waals surface area (Å²) in [6.45, 7) is 3.72. The third-order valence-corrected chi connectivity index (χ3v) is 5.12. The molecule has 1 aromatic rings. The van der Waals surface area contributed by atoms with E-state index < -0.39 is 18.1 Å². The molecule has 2 saturated heterocycles. The van der Waals surface area contributed by atoms with Gasteiger partial charge in [-0.25, -0.2) is 4.79 Å². The van der Waals surface area contributed by atoms with Crippen LogP contribution in [-0.2, 0) is 9.59 Å². The number of rotatable bonds is 3. The van der Waals surface area contributed by atoms with Crippen LogP contribution in [0.5, 0.6) is 0 Å². The number of hydrogen-bond acceptors (Lipinski definition) is 4. The smallest absolute Gasteiger partial charge is 0.330 e. The molecule has 0 bridgehead atoms. The SMILES string of the molecule is C=C1CS[C@@H]2C(NC(=O)c3ccccc3)C(=O)N2C1C(=O)O. The molecule has 0 radical (unpaired) electrons. The molecule has 2 amide bonds. The van der Waals surface area contributed by atoms with Crippen LogP contribution in [0.15, 0.2) is 42.5 Å². The molecule has 0 saturated carbocycles. The highest BCUT2D eigenvalue weighted by Gasteiger charge is 2.56. The fourth-order valence-electron chi connectivity index (χ4n) is 2.65. The number of hydrogen-bond donors (Lipinski definition) is 2. The summed E-state index contributed by atoms with van der Waals surface area (Å²) in [5, 5.41) is 11.6. The van der Waals surface area contributed by atoms with E-state index in [4.69, 9.17) is 0 Å². The maximum Gasteiger partial charge on any atom is 0.330 e. The lowest BCUT2D eigenvalue weighted by atomic mass is 9.98. The van der Waals surface area contributed by atoms with Gasteiger partial charge in [0.2, 0.25) is 5.91 Å². The molecule has 1 aromatic carbocycles. The van der Waals surface area contributed by atoms with Gasteiger partial charge in [0, 0.05) is 11.3 Å². The average molecular weight is 318 g/mol. The quantitative estimate of drug-likeness (QED) is 0.633. The Bertz CT molecular complexity index is 661. The Kier molecular flexibility index (Phi) is 3.66. The average Bonchev–Trinajstić information content (AvgIpc) is 2.52. The van der Waals surface area contributed by atoms with E-state index >= 15 is 0 Å². The van der Waals surface area contributed by atoms with Crippen LogP contribution in [0, 0.1) is 0 Å². The second kappa shape index (κ2) is 5.49. The minimum Gasteiger partial charge on any atom is -0.479 e. The fraction of sp³-hybridized carbons (Fsp3) is 0.267. The van der Waals surface area contributed by atoms with Crippen molar-refractivity contribution in [2.45, 2.75) is 17.5 Å². The lowest BCUT2D eigenvalue weighted by Crippen LogP contribution is -2.74. The van der Waals surface area contributed by atoms with Gasteiger partial charge in [0.1, 0.15) is 11.4 Å².